The molecule has 0 aliphatic carbocycles. The standard InChI is InChI=1S/C46H65FN8O6.H2S/c1-6-10-34(11-7-2)41(48-45(60)61-46(3,4)5)44(59)54-18-16-32(17-19-54)30-51-20-22-52(23-21-51)31-40(56)53-24-26-55(27-25-53)43(58)37-28-33(14-15-38(37)47)29-39-35-12-8-9-13-36(35)42(57)50-49-39;/h8-9,12-15,28,32,34,41H,6-7,10-11,16-27,29-31H2,1-5H3,(H,48,60)(H,50,57);1H2. The number of piperidine rings is 1. The number of piperazine rings is 2. The lowest BCUT2D eigenvalue weighted by molar-refractivity contribution is -0.137. The molecule has 16 heteroatoms. The maximum absolute atomic E-state index is 15.0. The van der Waals surface area contributed by atoms with E-state index in [1.54, 1.807) is 34.1 Å². The van der Waals surface area contributed by atoms with Gasteiger partial charge in [0.25, 0.3) is 11.5 Å². The van der Waals surface area contributed by atoms with Crippen LogP contribution in [0.25, 0.3) is 10.8 Å². The molecule has 2 N–H and O–H groups in total. The van der Waals surface area contributed by atoms with Gasteiger partial charge in [0.15, 0.2) is 0 Å². The Morgan fingerprint density at radius 2 is 1.45 bits per heavy atom. The molecule has 62 heavy (non-hydrogen) atoms. The van der Waals surface area contributed by atoms with Gasteiger partial charge in [-0.25, -0.2) is 14.3 Å². The summed E-state index contributed by atoms with van der Waals surface area (Å²) in [5, 5.41) is 10.9. The van der Waals surface area contributed by atoms with E-state index in [0.29, 0.717) is 80.2 Å². The highest BCUT2D eigenvalue weighted by Gasteiger charge is 2.36. The van der Waals surface area contributed by atoms with Gasteiger partial charge in [-0.2, -0.15) is 18.6 Å². The SMILES string of the molecule is CCCC(CCC)C(NC(=O)OC(C)(C)C)C(=O)N1CCC(CN2CCN(CC(=O)N3CCN(C(=O)c4cc(Cc5n[nH]c(=O)c6ccccc56)ccc4F)CC3)CC2)CC1.S. The fraction of sp³-hybridized carbons (Fsp3) is 0.609. The fourth-order valence-electron chi connectivity index (χ4n) is 9.03. The molecule has 0 saturated carbocycles. The summed E-state index contributed by atoms with van der Waals surface area (Å²) in [5.74, 6) is -0.454. The molecule has 0 spiro atoms. The van der Waals surface area contributed by atoms with E-state index in [2.05, 4.69) is 39.2 Å². The maximum Gasteiger partial charge on any atom is 0.408 e. The quantitative estimate of drug-likeness (QED) is 0.228. The van der Waals surface area contributed by atoms with E-state index in [-0.39, 0.29) is 42.4 Å². The molecular weight excluding hydrogens is 812 g/mol. The summed E-state index contributed by atoms with van der Waals surface area (Å²) in [6, 6.07) is 11.0. The smallest absolute Gasteiger partial charge is 0.408 e. The number of nitrogens with zero attached hydrogens (tertiary/aromatic N) is 6. The number of hydrogen-bond acceptors (Lipinski definition) is 9. The van der Waals surface area contributed by atoms with Crippen LogP contribution in [0, 0.1) is 17.7 Å². The Balaban J connectivity index is 0.00000726. The molecule has 0 bridgehead atoms. The van der Waals surface area contributed by atoms with E-state index in [9.17, 15) is 24.0 Å². The van der Waals surface area contributed by atoms with Crippen LogP contribution < -0.4 is 10.9 Å². The number of carbonyl (C=O) groups is 4. The largest absolute Gasteiger partial charge is 0.444 e. The van der Waals surface area contributed by atoms with Crippen molar-refractivity contribution >= 4 is 48.1 Å². The van der Waals surface area contributed by atoms with Gasteiger partial charge in [-0.05, 0) is 82.1 Å². The molecule has 6 rings (SSSR count). The summed E-state index contributed by atoms with van der Waals surface area (Å²) in [5.41, 5.74) is 0.375. The monoisotopic (exact) mass is 878 g/mol. The molecule has 4 heterocycles. The lowest BCUT2D eigenvalue weighted by Gasteiger charge is -2.40. The first-order valence-electron chi connectivity index (χ1n) is 22.3. The van der Waals surface area contributed by atoms with Gasteiger partial charge in [0.05, 0.1) is 23.2 Å². The van der Waals surface area contributed by atoms with Crippen LogP contribution in [0.2, 0.25) is 0 Å². The average molecular weight is 879 g/mol. The number of alkyl carbamates (subject to hydrolysis) is 1. The summed E-state index contributed by atoms with van der Waals surface area (Å²) < 4.78 is 20.6. The second-order valence-electron chi connectivity index (χ2n) is 18.0. The second-order valence-corrected chi connectivity index (χ2v) is 18.0. The first-order valence-corrected chi connectivity index (χ1v) is 22.3. The van der Waals surface area contributed by atoms with Crippen molar-refractivity contribution < 1.29 is 28.3 Å². The highest BCUT2D eigenvalue weighted by Crippen LogP contribution is 2.25. The summed E-state index contributed by atoms with van der Waals surface area (Å²) in [7, 11) is 0. The van der Waals surface area contributed by atoms with Crippen molar-refractivity contribution in [2.75, 3.05) is 78.5 Å². The number of hydrogen-bond donors (Lipinski definition) is 2. The van der Waals surface area contributed by atoms with Crippen LogP contribution in [0.4, 0.5) is 9.18 Å². The predicted octanol–water partition coefficient (Wildman–Crippen LogP) is 5.02. The molecule has 3 fully saturated rings. The number of ether oxygens (including phenoxy) is 1. The number of halogens is 1. The van der Waals surface area contributed by atoms with Crippen LogP contribution in [0.15, 0.2) is 47.3 Å². The van der Waals surface area contributed by atoms with Gasteiger partial charge in [-0.15, -0.1) is 0 Å². The van der Waals surface area contributed by atoms with E-state index >= 15 is 4.39 Å². The number of nitrogens with one attached hydrogen (secondary N) is 2. The van der Waals surface area contributed by atoms with Crippen molar-refractivity contribution in [1.82, 2.24) is 40.0 Å². The van der Waals surface area contributed by atoms with E-state index in [1.165, 1.54) is 6.07 Å². The number of fused-ring (bicyclic) bond motifs is 1. The summed E-state index contributed by atoms with van der Waals surface area (Å²) in [4.78, 5) is 75.9. The Hall–Kier alpha value is -4.54. The van der Waals surface area contributed by atoms with E-state index in [1.807, 2.05) is 37.8 Å². The number of amides is 4. The van der Waals surface area contributed by atoms with Crippen molar-refractivity contribution in [3.63, 3.8) is 0 Å². The number of H-pyrrole nitrogens is 1. The van der Waals surface area contributed by atoms with Gasteiger partial charge in [-0.1, -0.05) is 51.0 Å². The van der Waals surface area contributed by atoms with Gasteiger partial charge in [0.2, 0.25) is 11.8 Å². The molecular formula is C46H67FN8O6S. The highest BCUT2D eigenvalue weighted by atomic mass is 32.1. The van der Waals surface area contributed by atoms with E-state index in [4.69, 9.17) is 4.74 Å². The third kappa shape index (κ3) is 12.8. The number of likely N-dealkylation sites (tertiary alicyclic amines) is 1. The van der Waals surface area contributed by atoms with Crippen molar-refractivity contribution in [2.45, 2.75) is 91.2 Å². The Bertz CT molecular complexity index is 2050. The van der Waals surface area contributed by atoms with Gasteiger partial charge >= 0.3 is 6.09 Å². The van der Waals surface area contributed by atoms with Gasteiger partial charge in [0, 0.05) is 83.8 Å². The number of rotatable bonds is 14. The average Bonchev–Trinajstić information content (AvgIpc) is 3.24. The zero-order valence-electron chi connectivity index (χ0n) is 37.2. The second kappa shape index (κ2) is 22.2. The lowest BCUT2D eigenvalue weighted by atomic mass is 9.88. The minimum absolute atomic E-state index is 0. The normalized spacial score (nSPS) is 17.5. The molecule has 1 aromatic heterocycles. The molecule has 3 aliphatic heterocycles. The highest BCUT2D eigenvalue weighted by molar-refractivity contribution is 7.59. The zero-order chi connectivity index (χ0) is 43.7. The van der Waals surface area contributed by atoms with Crippen LogP contribution in [-0.2, 0) is 20.7 Å². The van der Waals surface area contributed by atoms with E-state index < -0.39 is 29.5 Å². The van der Waals surface area contributed by atoms with E-state index in [0.717, 1.165) is 71.2 Å². The number of benzene rings is 2. The Kier molecular flexibility index (Phi) is 17.4. The molecule has 340 valence electrons. The Morgan fingerprint density at radius 3 is 2.08 bits per heavy atom. The molecule has 1 unspecified atom stereocenters. The molecule has 3 aliphatic rings. The van der Waals surface area contributed by atoms with Crippen molar-refractivity contribution in [3.05, 3.63) is 75.5 Å². The van der Waals surface area contributed by atoms with Gasteiger partial charge in [-0.3, -0.25) is 24.1 Å². The first-order chi connectivity index (χ1) is 29.2. The van der Waals surface area contributed by atoms with Crippen LogP contribution in [-0.4, -0.2) is 149 Å². The zero-order valence-corrected chi connectivity index (χ0v) is 38.2. The Labute approximate surface area is 372 Å². The van der Waals surface area contributed by atoms with Crippen LogP contribution >= 0.6 is 13.5 Å². The topological polar surface area (TPSA) is 151 Å². The number of carbonyl (C=O) groups excluding carboxylic acids is 4. The minimum atomic E-state index is -0.647. The minimum Gasteiger partial charge on any atom is -0.444 e. The van der Waals surface area contributed by atoms with Gasteiger partial charge in [0.1, 0.15) is 17.5 Å². The number of aromatic amines is 1. The molecule has 4 amide bonds. The van der Waals surface area contributed by atoms with Crippen molar-refractivity contribution in [1.29, 1.82) is 0 Å². The van der Waals surface area contributed by atoms with Crippen molar-refractivity contribution in [2.24, 2.45) is 11.8 Å². The van der Waals surface area contributed by atoms with Gasteiger partial charge < -0.3 is 29.7 Å². The molecule has 1 atom stereocenters. The number of aromatic nitrogens is 2. The third-order valence-corrected chi connectivity index (χ3v) is 12.3. The van der Waals surface area contributed by atoms with Crippen LogP contribution in [0.1, 0.15) is 94.8 Å². The maximum atomic E-state index is 15.0. The first kappa shape index (κ1) is 48.5. The van der Waals surface area contributed by atoms with Crippen LogP contribution in [0.3, 0.4) is 0 Å². The van der Waals surface area contributed by atoms with Crippen LogP contribution in [0.5, 0.6) is 0 Å². The van der Waals surface area contributed by atoms with Crippen molar-refractivity contribution in [3.8, 4) is 0 Å². The molecule has 3 saturated heterocycles. The summed E-state index contributed by atoms with van der Waals surface area (Å²) in [6.07, 6.45) is 5.20. The molecule has 2 aromatic carbocycles. The fourth-order valence-corrected chi connectivity index (χ4v) is 9.03. The molecule has 14 nitrogen and oxygen atoms in total. The Morgan fingerprint density at radius 1 is 0.839 bits per heavy atom. The molecule has 0 radical (unpaired) electrons. The summed E-state index contributed by atoms with van der Waals surface area (Å²) in [6.45, 7) is 17.0. The predicted molar refractivity (Wildman–Crippen MR) is 243 cm³/mol. The lowest BCUT2D eigenvalue weighted by Crippen LogP contribution is -2.56. The third-order valence-electron chi connectivity index (χ3n) is 12.3. The molecule has 3 aromatic rings. The summed E-state index contributed by atoms with van der Waals surface area (Å²) >= 11 is 0.